The molecule has 1 fully saturated rings. The molecule has 3 rings (SSSR count). The summed E-state index contributed by atoms with van der Waals surface area (Å²) < 4.78 is 67.2. The molecule has 0 aromatic heterocycles. The Bertz CT molecular complexity index is 964. The summed E-state index contributed by atoms with van der Waals surface area (Å²) in [5, 5.41) is 0. The summed E-state index contributed by atoms with van der Waals surface area (Å²) in [6, 6.07) is 12.9. The number of alkyl halides is 2. The van der Waals surface area contributed by atoms with E-state index in [2.05, 4.69) is 4.40 Å². The number of hydrogen-bond acceptors (Lipinski definition) is 2. The van der Waals surface area contributed by atoms with Gasteiger partial charge in [-0.3, -0.25) is 0 Å². The van der Waals surface area contributed by atoms with Crippen LogP contribution in [0.3, 0.4) is 0 Å². The summed E-state index contributed by atoms with van der Waals surface area (Å²) in [4.78, 5) is 0. The lowest BCUT2D eigenvalue weighted by molar-refractivity contribution is -0.169. The molecule has 1 aliphatic rings. The summed E-state index contributed by atoms with van der Waals surface area (Å²) in [6.07, 6.45) is 0.301. The summed E-state index contributed by atoms with van der Waals surface area (Å²) in [7, 11) is -1.62. The summed E-state index contributed by atoms with van der Waals surface area (Å²) in [5.41, 5.74) is -1.62. The summed E-state index contributed by atoms with van der Waals surface area (Å²) in [5.74, 6) is -4.56. The monoisotopic (exact) mass is 437 g/mol. The van der Waals surface area contributed by atoms with Crippen molar-refractivity contribution < 1.29 is 22.1 Å². The van der Waals surface area contributed by atoms with E-state index in [9.17, 15) is 4.21 Å². The minimum atomic E-state index is -3.51. The van der Waals surface area contributed by atoms with E-state index in [1.165, 1.54) is 19.1 Å². The molecule has 0 saturated heterocycles. The van der Waals surface area contributed by atoms with Gasteiger partial charge >= 0.3 is 5.92 Å². The summed E-state index contributed by atoms with van der Waals surface area (Å²) in [6.45, 7) is 6.72. The number of halogens is 3. The van der Waals surface area contributed by atoms with Crippen molar-refractivity contribution in [2.75, 3.05) is 0 Å². The average Bonchev–Trinajstić information content (AvgIpc) is 3.48. The highest BCUT2D eigenvalue weighted by Gasteiger charge is 2.65. The Labute approximate surface area is 178 Å². The van der Waals surface area contributed by atoms with Gasteiger partial charge in [-0.05, 0) is 52.2 Å². The molecule has 30 heavy (non-hydrogen) atoms. The van der Waals surface area contributed by atoms with Gasteiger partial charge in [0, 0.05) is 5.56 Å². The zero-order valence-corrected chi connectivity index (χ0v) is 18.4. The number of rotatable bonds is 7. The van der Waals surface area contributed by atoms with E-state index in [-0.39, 0.29) is 30.7 Å². The molecule has 0 aliphatic heterocycles. The molecular formula is C23H26F3NO2S. The molecule has 1 unspecified atom stereocenters. The molecule has 0 amide bonds. The van der Waals surface area contributed by atoms with Crippen molar-refractivity contribution >= 4 is 16.7 Å². The molecule has 3 nitrogen and oxygen atoms in total. The minimum absolute atomic E-state index is 0.0305. The number of ether oxygens (including phenoxy) is 1. The van der Waals surface area contributed by atoms with Gasteiger partial charge in [-0.25, -0.2) is 8.60 Å². The van der Waals surface area contributed by atoms with Gasteiger partial charge in [0.1, 0.15) is 22.4 Å². The van der Waals surface area contributed by atoms with Crippen LogP contribution in [0.5, 0.6) is 0 Å². The van der Waals surface area contributed by atoms with E-state index in [0.29, 0.717) is 0 Å². The third-order valence-electron chi connectivity index (χ3n) is 5.10. The van der Waals surface area contributed by atoms with Crippen molar-refractivity contribution in [2.45, 2.75) is 63.4 Å². The van der Waals surface area contributed by atoms with E-state index in [4.69, 9.17) is 4.74 Å². The van der Waals surface area contributed by atoms with E-state index < -0.39 is 38.6 Å². The maximum atomic E-state index is 15.4. The highest BCUT2D eigenvalue weighted by Crippen LogP contribution is 2.57. The first kappa shape index (κ1) is 22.7. The number of benzene rings is 2. The maximum Gasteiger partial charge on any atom is 0.304 e. The largest absolute Gasteiger partial charge is 0.364 e. The lowest BCUT2D eigenvalue weighted by Gasteiger charge is -2.28. The quantitative estimate of drug-likeness (QED) is 0.503. The van der Waals surface area contributed by atoms with Crippen LogP contribution in [-0.2, 0) is 28.3 Å². The molecule has 1 aliphatic carbocycles. The molecule has 1 atom stereocenters. The van der Waals surface area contributed by atoms with Gasteiger partial charge < -0.3 is 4.74 Å². The Morgan fingerprint density at radius 1 is 1.10 bits per heavy atom. The second-order valence-corrected chi connectivity index (χ2v) is 10.5. The Hall–Kier alpha value is -1.99. The number of hydrogen-bond donors (Lipinski definition) is 0. The standard InChI is InChI=1S/C23H26F3NO2S/c1-16(27-30(28)21(2,3)4)18-11-8-12-19(20(18)24)23(25,26)22(13-14-22)29-15-17-9-6-5-7-10-17/h5-12H,13-15H2,1-4H3. The van der Waals surface area contributed by atoms with Gasteiger partial charge in [0.2, 0.25) is 0 Å². The Kier molecular flexibility index (Phi) is 6.25. The first-order valence-electron chi connectivity index (χ1n) is 9.80. The maximum absolute atomic E-state index is 15.4. The van der Waals surface area contributed by atoms with Gasteiger partial charge in [-0.1, -0.05) is 42.5 Å². The van der Waals surface area contributed by atoms with Gasteiger partial charge in [-0.15, -0.1) is 0 Å². The zero-order chi connectivity index (χ0) is 22.2. The van der Waals surface area contributed by atoms with Crippen molar-refractivity contribution in [3.8, 4) is 0 Å². The predicted molar refractivity (Wildman–Crippen MR) is 114 cm³/mol. The van der Waals surface area contributed by atoms with Crippen molar-refractivity contribution in [3.63, 3.8) is 0 Å². The van der Waals surface area contributed by atoms with E-state index in [1.807, 2.05) is 18.2 Å². The van der Waals surface area contributed by atoms with Crippen LogP contribution in [-0.4, -0.2) is 20.3 Å². The predicted octanol–water partition coefficient (Wildman–Crippen LogP) is 5.94. The van der Waals surface area contributed by atoms with E-state index in [0.717, 1.165) is 11.6 Å². The second kappa shape index (κ2) is 8.27. The molecule has 0 spiro atoms. The Morgan fingerprint density at radius 2 is 1.73 bits per heavy atom. The van der Waals surface area contributed by atoms with Crippen LogP contribution in [0, 0.1) is 5.82 Å². The molecule has 0 bridgehead atoms. The first-order valence-corrected chi connectivity index (χ1v) is 10.9. The molecule has 0 heterocycles. The lowest BCUT2D eigenvalue weighted by Crippen LogP contribution is -2.37. The lowest BCUT2D eigenvalue weighted by atomic mass is 9.97. The fraction of sp³-hybridized carbons (Fsp3) is 0.435. The SMILES string of the molecule is CC(=NS(=O)C(C)(C)C)c1cccc(C(F)(F)C2(OCc3ccccc3)CC2)c1F. The van der Waals surface area contributed by atoms with E-state index >= 15 is 13.2 Å². The molecule has 1 saturated carbocycles. The minimum Gasteiger partial charge on any atom is -0.364 e. The van der Waals surface area contributed by atoms with Gasteiger partial charge in [0.05, 0.1) is 22.6 Å². The van der Waals surface area contributed by atoms with Crippen molar-refractivity contribution in [1.29, 1.82) is 0 Å². The van der Waals surface area contributed by atoms with Crippen LogP contribution in [0.25, 0.3) is 0 Å². The summed E-state index contributed by atoms with van der Waals surface area (Å²) >= 11 is 0. The van der Waals surface area contributed by atoms with Crippen molar-refractivity contribution in [2.24, 2.45) is 4.40 Å². The van der Waals surface area contributed by atoms with Crippen LogP contribution in [0.1, 0.15) is 57.2 Å². The average molecular weight is 438 g/mol. The smallest absolute Gasteiger partial charge is 0.304 e. The third kappa shape index (κ3) is 4.52. The van der Waals surface area contributed by atoms with Gasteiger partial charge in [-0.2, -0.15) is 13.2 Å². The molecule has 0 N–H and O–H groups in total. The zero-order valence-electron chi connectivity index (χ0n) is 17.5. The first-order chi connectivity index (χ1) is 14.0. The van der Waals surface area contributed by atoms with Gasteiger partial charge in [0.25, 0.3) is 0 Å². The Morgan fingerprint density at radius 3 is 2.30 bits per heavy atom. The molecule has 2 aromatic rings. The molecule has 2 aromatic carbocycles. The van der Waals surface area contributed by atoms with Gasteiger partial charge in [0.15, 0.2) is 0 Å². The van der Waals surface area contributed by atoms with Crippen molar-refractivity contribution in [3.05, 3.63) is 71.0 Å². The molecule has 7 heteroatoms. The number of nitrogens with zero attached hydrogens (tertiary/aromatic N) is 1. The van der Waals surface area contributed by atoms with E-state index in [1.54, 1.807) is 32.9 Å². The van der Waals surface area contributed by atoms with Crippen LogP contribution >= 0.6 is 0 Å². The van der Waals surface area contributed by atoms with Crippen LogP contribution < -0.4 is 0 Å². The van der Waals surface area contributed by atoms with Crippen LogP contribution in [0.2, 0.25) is 0 Å². The molecular weight excluding hydrogens is 411 g/mol. The topological polar surface area (TPSA) is 38.7 Å². The Balaban J connectivity index is 1.89. The highest BCUT2D eigenvalue weighted by molar-refractivity contribution is 7.85. The fourth-order valence-electron chi connectivity index (χ4n) is 3.07. The van der Waals surface area contributed by atoms with Crippen LogP contribution in [0.4, 0.5) is 13.2 Å². The third-order valence-corrected chi connectivity index (χ3v) is 6.59. The normalized spacial score (nSPS) is 17.6. The molecule has 162 valence electrons. The van der Waals surface area contributed by atoms with Crippen molar-refractivity contribution in [1.82, 2.24) is 0 Å². The van der Waals surface area contributed by atoms with Crippen LogP contribution in [0.15, 0.2) is 52.9 Å². The highest BCUT2D eigenvalue weighted by atomic mass is 32.2. The fourth-order valence-corrected chi connectivity index (χ4v) is 3.69. The molecule has 0 radical (unpaired) electrons. The second-order valence-electron chi connectivity index (χ2n) is 8.55.